The molecule has 0 bridgehead atoms. The third kappa shape index (κ3) is 3.72. The Morgan fingerprint density at radius 1 is 1.53 bits per heavy atom. The molecule has 0 amide bonds. The van der Waals surface area contributed by atoms with Crippen LogP contribution in [0, 0.1) is 5.92 Å². The van der Waals surface area contributed by atoms with E-state index >= 15 is 0 Å². The molecule has 2 unspecified atom stereocenters. The van der Waals surface area contributed by atoms with Crippen LogP contribution < -0.4 is 5.73 Å². The summed E-state index contributed by atoms with van der Waals surface area (Å²) in [5, 5.41) is 0.754. The number of halogens is 2. The lowest BCUT2D eigenvalue weighted by molar-refractivity contribution is 0.239. The van der Waals surface area contributed by atoms with Gasteiger partial charge in [0.25, 0.3) is 0 Å². The zero-order valence-electron chi connectivity index (χ0n) is 11.4. The molecule has 0 radical (unpaired) electrons. The Bertz CT molecular complexity index is 425. The van der Waals surface area contributed by atoms with Crippen molar-refractivity contribution in [1.82, 2.24) is 4.90 Å². The third-order valence-electron chi connectivity index (χ3n) is 4.01. The Balaban J connectivity index is 2.09. The Morgan fingerprint density at radius 3 is 2.95 bits per heavy atom. The van der Waals surface area contributed by atoms with Crippen LogP contribution in [0.3, 0.4) is 0 Å². The lowest BCUT2D eigenvalue weighted by atomic mass is 10.0. The highest BCUT2D eigenvalue weighted by atomic mass is 79.9. The topological polar surface area (TPSA) is 29.3 Å². The van der Waals surface area contributed by atoms with Crippen molar-refractivity contribution >= 4 is 27.5 Å². The quantitative estimate of drug-likeness (QED) is 0.865. The van der Waals surface area contributed by atoms with Crippen LogP contribution in [0.5, 0.6) is 0 Å². The number of nitrogens with zero attached hydrogens (tertiary/aromatic N) is 1. The van der Waals surface area contributed by atoms with Crippen LogP contribution >= 0.6 is 27.5 Å². The monoisotopic (exact) mass is 344 g/mol. The van der Waals surface area contributed by atoms with Gasteiger partial charge >= 0.3 is 0 Å². The number of benzene rings is 1. The van der Waals surface area contributed by atoms with Crippen molar-refractivity contribution in [3.8, 4) is 0 Å². The van der Waals surface area contributed by atoms with Crippen molar-refractivity contribution in [1.29, 1.82) is 0 Å². The molecular formula is C15H22BrClN2. The average molecular weight is 346 g/mol. The summed E-state index contributed by atoms with van der Waals surface area (Å²) in [5.41, 5.74) is 7.26. The van der Waals surface area contributed by atoms with Gasteiger partial charge in [0.15, 0.2) is 0 Å². The Kier molecular flexibility index (Phi) is 5.70. The van der Waals surface area contributed by atoms with Gasteiger partial charge in [0.05, 0.1) is 5.02 Å². The van der Waals surface area contributed by atoms with Gasteiger partial charge < -0.3 is 5.73 Å². The predicted molar refractivity (Wildman–Crippen MR) is 85.5 cm³/mol. The van der Waals surface area contributed by atoms with Crippen LogP contribution in [-0.4, -0.2) is 24.5 Å². The summed E-state index contributed by atoms with van der Waals surface area (Å²) in [5.74, 6) is 0.842. The smallest absolute Gasteiger partial charge is 0.0548 e. The standard InChI is InChI=1S/C15H22BrClN2/c1-2-3-11-6-7-19(10-11)15(9-18)12-4-5-14(17)13(16)8-12/h4-5,8,11,15H,2-3,6-7,9-10,18H2,1H3. The number of likely N-dealkylation sites (tertiary alicyclic amines) is 1. The summed E-state index contributed by atoms with van der Waals surface area (Å²) in [4.78, 5) is 2.52. The van der Waals surface area contributed by atoms with Crippen molar-refractivity contribution in [3.63, 3.8) is 0 Å². The summed E-state index contributed by atoms with van der Waals surface area (Å²) < 4.78 is 0.953. The van der Waals surface area contributed by atoms with E-state index in [0.29, 0.717) is 12.6 Å². The molecular weight excluding hydrogens is 324 g/mol. The number of nitrogens with two attached hydrogens (primary N) is 1. The van der Waals surface area contributed by atoms with Crippen molar-refractivity contribution in [2.45, 2.75) is 32.2 Å². The van der Waals surface area contributed by atoms with Gasteiger partial charge in [-0.2, -0.15) is 0 Å². The minimum atomic E-state index is 0.315. The van der Waals surface area contributed by atoms with Crippen molar-refractivity contribution in [2.75, 3.05) is 19.6 Å². The fraction of sp³-hybridized carbons (Fsp3) is 0.600. The molecule has 19 heavy (non-hydrogen) atoms. The van der Waals surface area contributed by atoms with Crippen LogP contribution in [0.2, 0.25) is 5.02 Å². The average Bonchev–Trinajstić information content (AvgIpc) is 2.83. The van der Waals surface area contributed by atoms with E-state index in [1.165, 1.54) is 31.4 Å². The maximum Gasteiger partial charge on any atom is 0.0548 e. The fourth-order valence-electron chi connectivity index (χ4n) is 3.01. The van der Waals surface area contributed by atoms with Gasteiger partial charge in [-0.25, -0.2) is 0 Å². The van der Waals surface area contributed by atoms with Crippen LogP contribution in [0.4, 0.5) is 0 Å². The summed E-state index contributed by atoms with van der Waals surface area (Å²) in [6.45, 7) is 5.26. The summed E-state index contributed by atoms with van der Waals surface area (Å²) >= 11 is 9.56. The van der Waals surface area contributed by atoms with Crippen molar-refractivity contribution < 1.29 is 0 Å². The minimum Gasteiger partial charge on any atom is -0.329 e. The first-order valence-electron chi connectivity index (χ1n) is 7.04. The molecule has 0 spiro atoms. The van der Waals surface area contributed by atoms with E-state index in [9.17, 15) is 0 Å². The van der Waals surface area contributed by atoms with Gasteiger partial charge in [-0.3, -0.25) is 4.90 Å². The molecule has 1 fully saturated rings. The zero-order valence-corrected chi connectivity index (χ0v) is 13.8. The van der Waals surface area contributed by atoms with E-state index in [4.69, 9.17) is 17.3 Å². The maximum atomic E-state index is 6.06. The molecule has 106 valence electrons. The third-order valence-corrected chi connectivity index (χ3v) is 5.22. The lowest BCUT2D eigenvalue weighted by Crippen LogP contribution is -2.32. The molecule has 2 N–H and O–H groups in total. The van der Waals surface area contributed by atoms with E-state index in [-0.39, 0.29) is 0 Å². The lowest BCUT2D eigenvalue weighted by Gasteiger charge is -2.27. The first-order chi connectivity index (χ1) is 9.15. The van der Waals surface area contributed by atoms with Crippen molar-refractivity contribution in [3.05, 3.63) is 33.3 Å². The molecule has 0 aromatic heterocycles. The van der Waals surface area contributed by atoms with E-state index in [1.54, 1.807) is 0 Å². The van der Waals surface area contributed by atoms with Crippen LogP contribution in [-0.2, 0) is 0 Å². The number of rotatable bonds is 5. The van der Waals surface area contributed by atoms with E-state index in [1.807, 2.05) is 6.07 Å². The number of hydrogen-bond acceptors (Lipinski definition) is 2. The molecule has 2 nitrogen and oxygen atoms in total. The van der Waals surface area contributed by atoms with Gasteiger partial charge in [-0.05, 0) is 58.9 Å². The molecule has 1 aromatic rings. The largest absolute Gasteiger partial charge is 0.329 e. The SMILES string of the molecule is CCCC1CCN(C(CN)c2ccc(Cl)c(Br)c2)C1. The van der Waals surface area contributed by atoms with Gasteiger partial charge in [0.1, 0.15) is 0 Å². The fourth-order valence-corrected chi connectivity index (χ4v) is 3.52. The molecule has 2 atom stereocenters. The molecule has 1 heterocycles. The second-order valence-electron chi connectivity index (χ2n) is 5.36. The maximum absolute atomic E-state index is 6.06. The first-order valence-corrected chi connectivity index (χ1v) is 8.21. The van der Waals surface area contributed by atoms with Gasteiger partial charge in [-0.1, -0.05) is 31.0 Å². The summed E-state index contributed by atoms with van der Waals surface area (Å²) in [6, 6.07) is 6.46. The Hall–Kier alpha value is -0.0900. The zero-order chi connectivity index (χ0) is 13.8. The highest BCUT2D eigenvalue weighted by molar-refractivity contribution is 9.10. The molecule has 4 heteroatoms. The Morgan fingerprint density at radius 2 is 2.32 bits per heavy atom. The van der Waals surface area contributed by atoms with E-state index in [0.717, 1.165) is 22.0 Å². The molecule has 1 aliphatic rings. The summed E-state index contributed by atoms with van der Waals surface area (Å²) in [6.07, 6.45) is 3.91. The van der Waals surface area contributed by atoms with Crippen LogP contribution in [0.15, 0.2) is 22.7 Å². The first kappa shape index (κ1) is 15.3. The highest BCUT2D eigenvalue weighted by Crippen LogP contribution is 2.32. The second kappa shape index (κ2) is 7.07. The number of hydrogen-bond donors (Lipinski definition) is 1. The van der Waals surface area contributed by atoms with E-state index in [2.05, 4.69) is 39.9 Å². The Labute approximate surface area is 129 Å². The molecule has 2 rings (SSSR count). The van der Waals surface area contributed by atoms with Gasteiger partial charge in [0.2, 0.25) is 0 Å². The molecule has 0 saturated carbocycles. The normalized spacial score (nSPS) is 21.8. The molecule has 0 aliphatic carbocycles. The second-order valence-corrected chi connectivity index (χ2v) is 6.62. The van der Waals surface area contributed by atoms with Crippen LogP contribution in [0.1, 0.15) is 37.8 Å². The van der Waals surface area contributed by atoms with Gasteiger partial charge in [-0.15, -0.1) is 0 Å². The molecule has 1 saturated heterocycles. The van der Waals surface area contributed by atoms with Gasteiger partial charge in [0, 0.05) is 23.6 Å². The van der Waals surface area contributed by atoms with Crippen molar-refractivity contribution in [2.24, 2.45) is 11.7 Å². The minimum absolute atomic E-state index is 0.315. The van der Waals surface area contributed by atoms with Crippen LogP contribution in [0.25, 0.3) is 0 Å². The predicted octanol–water partition coefficient (Wildman–Crippen LogP) is 4.22. The summed E-state index contributed by atoms with van der Waals surface area (Å²) in [7, 11) is 0. The highest BCUT2D eigenvalue weighted by Gasteiger charge is 2.28. The van der Waals surface area contributed by atoms with E-state index < -0.39 is 0 Å². The molecule has 1 aromatic carbocycles. The molecule has 1 aliphatic heterocycles.